The van der Waals surface area contributed by atoms with E-state index in [4.69, 9.17) is 16.3 Å². The number of morpholine rings is 1. The van der Waals surface area contributed by atoms with E-state index in [0.29, 0.717) is 5.02 Å². The second kappa shape index (κ2) is 9.20. The Morgan fingerprint density at radius 1 is 1.29 bits per heavy atom. The molecule has 1 atom stereocenters. The van der Waals surface area contributed by atoms with Crippen LogP contribution in [0.4, 0.5) is 5.82 Å². The lowest BCUT2D eigenvalue weighted by atomic mass is 9.93. The molecule has 1 unspecified atom stereocenters. The monoisotopic (exact) mass is 424 g/mol. The first-order valence-electron chi connectivity index (χ1n) is 10.2. The number of pyridine rings is 1. The molecule has 154 valence electrons. The van der Waals surface area contributed by atoms with Crippen LogP contribution < -0.4 is 10.2 Å². The summed E-state index contributed by atoms with van der Waals surface area (Å²) in [6.07, 6.45) is 4.57. The number of hydrogen-bond acceptors (Lipinski definition) is 6. The summed E-state index contributed by atoms with van der Waals surface area (Å²) in [4.78, 5) is 22.0. The molecule has 0 aromatic carbocycles. The quantitative estimate of drug-likeness (QED) is 0.782. The number of ether oxygens (including phenoxy) is 1. The summed E-state index contributed by atoms with van der Waals surface area (Å²) < 4.78 is 5.53. The Balaban J connectivity index is 1.28. The number of nitrogens with zero attached hydrogens (tertiary/aromatic N) is 3. The standard InChI is InChI=1S/C20H29ClN4O2S/c21-17-1-2-18(22-13-17)24-6-3-16(4-7-24)19(26)23-14-20(5-12-28-15-20)25-8-10-27-11-9-25/h1-2,13,16H,3-12,14-15H2,(H,23,26). The van der Waals surface area contributed by atoms with Gasteiger partial charge in [0, 0.05) is 56.1 Å². The Hall–Kier alpha value is -1.02. The number of rotatable bonds is 5. The van der Waals surface area contributed by atoms with Crippen molar-refractivity contribution >= 4 is 35.1 Å². The topological polar surface area (TPSA) is 57.7 Å². The molecule has 1 aromatic rings. The van der Waals surface area contributed by atoms with E-state index in [1.165, 1.54) is 5.75 Å². The van der Waals surface area contributed by atoms with Crippen LogP contribution >= 0.6 is 23.4 Å². The van der Waals surface area contributed by atoms with Crippen LogP contribution in [0, 0.1) is 5.92 Å². The van der Waals surface area contributed by atoms with Gasteiger partial charge in [0.05, 0.1) is 18.2 Å². The summed E-state index contributed by atoms with van der Waals surface area (Å²) in [5.74, 6) is 3.54. The van der Waals surface area contributed by atoms with E-state index in [1.54, 1.807) is 6.20 Å². The Labute approximate surface area is 176 Å². The molecule has 3 saturated heterocycles. The molecule has 3 aliphatic heterocycles. The van der Waals surface area contributed by atoms with Crippen molar-refractivity contribution in [3.8, 4) is 0 Å². The van der Waals surface area contributed by atoms with Crippen molar-refractivity contribution in [1.82, 2.24) is 15.2 Å². The highest BCUT2D eigenvalue weighted by Gasteiger charge is 2.41. The molecule has 6 nitrogen and oxygen atoms in total. The van der Waals surface area contributed by atoms with Crippen LogP contribution in [0.2, 0.25) is 5.02 Å². The number of piperidine rings is 1. The van der Waals surface area contributed by atoms with Gasteiger partial charge in [-0.25, -0.2) is 4.98 Å². The maximum atomic E-state index is 12.9. The van der Waals surface area contributed by atoms with Gasteiger partial charge in [-0.2, -0.15) is 11.8 Å². The molecule has 1 amide bonds. The molecule has 3 aliphatic rings. The second-order valence-electron chi connectivity index (χ2n) is 7.94. The third-order valence-electron chi connectivity index (χ3n) is 6.26. The van der Waals surface area contributed by atoms with Crippen molar-refractivity contribution in [2.45, 2.75) is 24.8 Å². The highest BCUT2D eigenvalue weighted by atomic mass is 35.5. The van der Waals surface area contributed by atoms with Gasteiger partial charge >= 0.3 is 0 Å². The third-order valence-corrected chi connectivity index (χ3v) is 7.72. The van der Waals surface area contributed by atoms with Crippen molar-refractivity contribution in [1.29, 1.82) is 0 Å². The van der Waals surface area contributed by atoms with Crippen LogP contribution in [0.3, 0.4) is 0 Å². The number of anilines is 1. The van der Waals surface area contributed by atoms with Crippen molar-refractivity contribution in [3.05, 3.63) is 23.4 Å². The van der Waals surface area contributed by atoms with Crippen molar-refractivity contribution in [2.24, 2.45) is 5.92 Å². The molecule has 0 spiro atoms. The predicted octanol–water partition coefficient (Wildman–Crippen LogP) is 2.28. The number of halogens is 1. The number of amides is 1. The summed E-state index contributed by atoms with van der Waals surface area (Å²) in [6, 6.07) is 3.82. The fourth-order valence-electron chi connectivity index (χ4n) is 4.46. The van der Waals surface area contributed by atoms with Gasteiger partial charge in [-0.1, -0.05) is 11.6 Å². The summed E-state index contributed by atoms with van der Waals surface area (Å²) in [5.41, 5.74) is 0.109. The maximum absolute atomic E-state index is 12.9. The molecule has 3 fully saturated rings. The minimum Gasteiger partial charge on any atom is -0.379 e. The average molecular weight is 425 g/mol. The first kappa shape index (κ1) is 20.3. The number of aromatic nitrogens is 1. The van der Waals surface area contributed by atoms with Crippen molar-refractivity contribution in [3.63, 3.8) is 0 Å². The molecule has 0 aliphatic carbocycles. The molecule has 0 radical (unpaired) electrons. The minimum atomic E-state index is 0.0966. The lowest BCUT2D eigenvalue weighted by Gasteiger charge is -2.43. The van der Waals surface area contributed by atoms with E-state index in [0.717, 1.165) is 76.8 Å². The predicted molar refractivity (Wildman–Crippen MR) is 114 cm³/mol. The molecule has 1 N–H and O–H groups in total. The smallest absolute Gasteiger partial charge is 0.223 e. The Kier molecular flexibility index (Phi) is 6.66. The highest BCUT2D eigenvalue weighted by molar-refractivity contribution is 7.99. The van der Waals surface area contributed by atoms with Gasteiger partial charge in [-0.3, -0.25) is 9.69 Å². The van der Waals surface area contributed by atoms with E-state index in [1.807, 2.05) is 23.9 Å². The van der Waals surface area contributed by atoms with Crippen LogP contribution in [0.25, 0.3) is 0 Å². The lowest BCUT2D eigenvalue weighted by molar-refractivity contribution is -0.126. The van der Waals surface area contributed by atoms with Crippen LogP contribution in [-0.4, -0.2) is 78.8 Å². The van der Waals surface area contributed by atoms with Gasteiger partial charge in [-0.05, 0) is 37.1 Å². The summed E-state index contributed by atoms with van der Waals surface area (Å²) in [6.45, 7) is 6.03. The number of nitrogens with one attached hydrogen (secondary N) is 1. The molecule has 0 bridgehead atoms. The molecule has 1 aromatic heterocycles. The SMILES string of the molecule is O=C(NCC1(N2CCOCC2)CCSC1)C1CCN(c2ccc(Cl)cn2)CC1. The van der Waals surface area contributed by atoms with Crippen molar-refractivity contribution in [2.75, 3.05) is 62.3 Å². The van der Waals surface area contributed by atoms with Crippen molar-refractivity contribution < 1.29 is 9.53 Å². The third kappa shape index (κ3) is 4.58. The Morgan fingerprint density at radius 3 is 2.71 bits per heavy atom. The van der Waals surface area contributed by atoms with E-state index < -0.39 is 0 Å². The molecule has 28 heavy (non-hydrogen) atoms. The lowest BCUT2D eigenvalue weighted by Crippen LogP contribution is -2.59. The largest absolute Gasteiger partial charge is 0.379 e. The molecular weight excluding hydrogens is 396 g/mol. The molecule has 4 heterocycles. The number of carbonyl (C=O) groups excluding carboxylic acids is 1. The average Bonchev–Trinajstić information content (AvgIpc) is 3.24. The fraction of sp³-hybridized carbons (Fsp3) is 0.700. The number of carbonyl (C=O) groups is 1. The first-order valence-corrected chi connectivity index (χ1v) is 11.7. The normalized spacial score (nSPS) is 27.1. The zero-order chi connectivity index (χ0) is 19.4. The first-order chi connectivity index (χ1) is 13.7. The highest BCUT2D eigenvalue weighted by Crippen LogP contribution is 2.34. The van der Waals surface area contributed by atoms with Gasteiger partial charge in [0.25, 0.3) is 0 Å². The molecule has 8 heteroatoms. The minimum absolute atomic E-state index is 0.0966. The molecular formula is C20H29ClN4O2S. The summed E-state index contributed by atoms with van der Waals surface area (Å²) in [5, 5.41) is 3.96. The Morgan fingerprint density at radius 2 is 2.07 bits per heavy atom. The van der Waals surface area contributed by atoms with Crippen LogP contribution in [0.15, 0.2) is 18.3 Å². The Bertz CT molecular complexity index is 655. The van der Waals surface area contributed by atoms with E-state index in [9.17, 15) is 4.79 Å². The zero-order valence-corrected chi connectivity index (χ0v) is 17.8. The van der Waals surface area contributed by atoms with Gasteiger partial charge in [0.2, 0.25) is 5.91 Å². The maximum Gasteiger partial charge on any atom is 0.223 e. The zero-order valence-electron chi connectivity index (χ0n) is 16.2. The van der Waals surface area contributed by atoms with Crippen LogP contribution in [0.5, 0.6) is 0 Å². The van der Waals surface area contributed by atoms with Gasteiger partial charge in [-0.15, -0.1) is 0 Å². The van der Waals surface area contributed by atoms with Gasteiger partial charge in [0.15, 0.2) is 0 Å². The number of hydrogen-bond donors (Lipinski definition) is 1. The molecule has 4 rings (SSSR count). The van der Waals surface area contributed by atoms with Crippen LogP contribution in [-0.2, 0) is 9.53 Å². The second-order valence-corrected chi connectivity index (χ2v) is 9.48. The van der Waals surface area contributed by atoms with E-state index in [2.05, 4.69) is 20.1 Å². The summed E-state index contributed by atoms with van der Waals surface area (Å²) in [7, 11) is 0. The fourth-order valence-corrected chi connectivity index (χ4v) is 6.05. The number of thioether (sulfide) groups is 1. The summed E-state index contributed by atoms with van der Waals surface area (Å²) >= 11 is 7.93. The van der Waals surface area contributed by atoms with E-state index in [-0.39, 0.29) is 17.4 Å². The van der Waals surface area contributed by atoms with Gasteiger partial charge < -0.3 is 15.0 Å². The van der Waals surface area contributed by atoms with Gasteiger partial charge in [0.1, 0.15) is 5.82 Å². The van der Waals surface area contributed by atoms with E-state index >= 15 is 0 Å². The molecule has 0 saturated carbocycles. The van der Waals surface area contributed by atoms with Crippen LogP contribution in [0.1, 0.15) is 19.3 Å².